The molecule has 15 heteroatoms. The van der Waals surface area contributed by atoms with E-state index in [4.69, 9.17) is 51.6 Å². The Morgan fingerprint density at radius 1 is 0.605 bits per heavy atom. The number of likely N-dealkylation sites (N-methyl/N-ethyl adjacent to an activating group) is 2. The molecule has 1 N–H and O–H groups in total. The van der Waals surface area contributed by atoms with Crippen molar-refractivity contribution in [2.24, 2.45) is 0 Å². The molecule has 0 radical (unpaired) electrons. The molecule has 0 amide bonds. The van der Waals surface area contributed by atoms with Crippen molar-refractivity contribution in [1.29, 1.82) is 0 Å². The fourth-order valence-corrected chi connectivity index (χ4v) is 3.13. The second-order valence-corrected chi connectivity index (χ2v) is 8.21. The minimum absolute atomic E-state index is 0.199. The first-order valence-electron chi connectivity index (χ1n) is 9.59. The molecule has 13 nitrogen and oxygen atoms in total. The van der Waals surface area contributed by atoms with Crippen molar-refractivity contribution < 1.29 is 90.3 Å². The van der Waals surface area contributed by atoms with Gasteiger partial charge in [-0.1, -0.05) is 0 Å². The summed E-state index contributed by atoms with van der Waals surface area (Å²) in [5.41, 5.74) is 2.41. The zero-order chi connectivity index (χ0) is 37.2. The van der Waals surface area contributed by atoms with Crippen LogP contribution in [0.3, 0.4) is 0 Å². The van der Waals surface area contributed by atoms with Crippen LogP contribution in [0.2, 0.25) is 0 Å². The van der Waals surface area contributed by atoms with Gasteiger partial charge in [0, 0.05) is 0 Å². The number of hydrogen-bond donors (Lipinski definition) is 1. The molecular weight excluding hydrogens is 908 g/mol. The first-order valence-corrected chi connectivity index (χ1v) is 12.5. The quantitative estimate of drug-likeness (QED) is 0.288. The molecule has 0 fully saturated rings. The zero-order valence-electron chi connectivity index (χ0n) is 23.0. The van der Waals surface area contributed by atoms with Gasteiger partial charge in [-0.15, -0.1) is 0 Å². The Labute approximate surface area is 274 Å². The second kappa shape index (κ2) is 83.3. The van der Waals surface area contributed by atoms with Crippen LogP contribution in [0.1, 0.15) is 18.1 Å². The summed E-state index contributed by atoms with van der Waals surface area (Å²) in [5, 5.41) is 9.08. The van der Waals surface area contributed by atoms with Crippen molar-refractivity contribution in [2.75, 3.05) is 33.8 Å². The summed E-state index contributed by atoms with van der Waals surface area (Å²) in [6.07, 6.45) is 8.59. The van der Waals surface area contributed by atoms with Crippen molar-refractivity contribution >= 4 is 20.2 Å². The van der Waals surface area contributed by atoms with E-state index < -0.39 is 0 Å². The van der Waals surface area contributed by atoms with Crippen LogP contribution >= 0.6 is 0 Å². The van der Waals surface area contributed by atoms with Gasteiger partial charge in [0.15, 0.2) is 0 Å². The molecule has 0 spiro atoms. The van der Waals surface area contributed by atoms with Gasteiger partial charge in [0.05, 0.1) is 0 Å². The summed E-state index contributed by atoms with van der Waals surface area (Å²) < 4.78 is 77.6. The van der Waals surface area contributed by atoms with E-state index in [2.05, 4.69) is 146 Å². The maximum absolute atomic E-state index is 9.08. The molecule has 224 valence electrons. The fraction of sp³-hybridized carbons (Fsp3) is 0.214. The average molecular weight is 932 g/mol. The van der Waals surface area contributed by atoms with Gasteiger partial charge in [0.1, 0.15) is 0 Å². The van der Waals surface area contributed by atoms with Crippen LogP contribution < -0.4 is 0 Å². The Kier molecular flexibility index (Phi) is 131. The van der Waals surface area contributed by atoms with E-state index in [0.717, 1.165) is 6.54 Å². The SMILES string of the molecule is CCN(CCO)[C](=[W])/C=C/c1ccc(/C=C/[C](=[W])N(C)C)cc1.[C-]#[O+].[C-]#[O+].[C-]#[O+].[C-]#[O+].[C-]#[O+].[C-]#[O+].[C-]#[O+].[C-]#[O+].[C-]#[O+].[C-]#[O+]. The number of nitrogens with zero attached hydrogens (tertiary/aromatic N) is 2. The van der Waals surface area contributed by atoms with E-state index in [1.165, 1.54) is 57.9 Å². The van der Waals surface area contributed by atoms with Gasteiger partial charge in [0.2, 0.25) is 0 Å². The van der Waals surface area contributed by atoms with Crippen molar-refractivity contribution in [1.82, 2.24) is 9.80 Å². The molecule has 0 aliphatic carbocycles. The van der Waals surface area contributed by atoms with E-state index in [1.54, 1.807) is 0 Å². The molecule has 0 unspecified atom stereocenters. The van der Waals surface area contributed by atoms with Crippen LogP contribution in [0.25, 0.3) is 12.2 Å². The van der Waals surface area contributed by atoms with E-state index in [-0.39, 0.29) is 6.61 Å². The molecule has 0 saturated heterocycles. The molecule has 43 heavy (non-hydrogen) atoms. The van der Waals surface area contributed by atoms with Crippen molar-refractivity contribution in [3.63, 3.8) is 0 Å². The molecule has 0 heterocycles. The topological polar surface area (TPSA) is 226 Å². The average Bonchev–Trinajstić information content (AvgIpc) is 3.14. The standard InChI is InChI=1S/C18H24N2O.10CO.2W/c1-4-20(15-16-21)14-6-8-18-11-9-17(10-12-18)7-5-13-19(2)3;10*1-2;;/h5-12,21H,4,15-16H2,1-3H3;;;;;;;;;;;;/b7-5+,8-6+;;;;;;;;;;;;. The Hall–Kier alpha value is -2.90. The number of aliphatic hydroxyl groups is 1. The summed E-state index contributed by atoms with van der Waals surface area (Å²) in [5.74, 6) is 0. The van der Waals surface area contributed by atoms with Crippen molar-refractivity contribution in [3.05, 3.63) is 114 Å². The molecule has 0 atom stereocenters. The Morgan fingerprint density at radius 2 is 0.860 bits per heavy atom. The Bertz CT molecular complexity index is 912. The van der Waals surface area contributed by atoms with Gasteiger partial charge < -0.3 is 0 Å². The molecule has 0 aliphatic heterocycles. The molecule has 0 bridgehead atoms. The first-order chi connectivity index (χ1) is 21.0. The van der Waals surface area contributed by atoms with E-state index in [0.29, 0.717) is 6.54 Å². The second-order valence-electron chi connectivity index (χ2n) is 5.21. The van der Waals surface area contributed by atoms with Crippen LogP contribution in [0.15, 0.2) is 36.4 Å². The molecule has 0 aromatic heterocycles. The molecule has 0 aliphatic rings. The molecular formula is C28H24N2O11W2. The number of aliphatic hydroxyl groups excluding tert-OH is 1. The number of benzene rings is 1. The predicted octanol–water partition coefficient (Wildman–Crippen LogP) is 1.57. The summed E-state index contributed by atoms with van der Waals surface area (Å²) in [7, 11) is 4.13. The van der Waals surface area contributed by atoms with Crippen molar-refractivity contribution in [3.8, 4) is 0 Å². The van der Waals surface area contributed by atoms with Crippen LogP contribution in [-0.2, 0) is 85.2 Å². The molecule has 1 rings (SSSR count). The number of hydrogen-bond acceptors (Lipinski definition) is 3. The third kappa shape index (κ3) is 59.4. The van der Waals surface area contributed by atoms with E-state index in [9.17, 15) is 0 Å². The minimum atomic E-state index is 0.199. The van der Waals surface area contributed by atoms with Gasteiger partial charge in [-0.05, 0) is 0 Å². The van der Waals surface area contributed by atoms with Gasteiger partial charge >= 0.3 is 275 Å². The van der Waals surface area contributed by atoms with Crippen molar-refractivity contribution in [2.45, 2.75) is 6.92 Å². The van der Waals surface area contributed by atoms with Crippen LogP contribution in [0.5, 0.6) is 0 Å². The summed E-state index contributed by atoms with van der Waals surface area (Å²) in [6, 6.07) is 8.56. The third-order valence-corrected chi connectivity index (χ3v) is 6.49. The maximum atomic E-state index is 9.08. The monoisotopic (exact) mass is 932 g/mol. The fourth-order valence-electron chi connectivity index (χ4n) is 1.85. The van der Waals surface area contributed by atoms with Gasteiger partial charge in [-0.3, -0.25) is 0 Å². The molecule has 1 aromatic carbocycles. The first kappa shape index (κ1) is 67.7. The van der Waals surface area contributed by atoms with E-state index >= 15 is 0 Å². The summed E-state index contributed by atoms with van der Waals surface area (Å²) in [6.45, 7) is 48.9. The van der Waals surface area contributed by atoms with Gasteiger partial charge in [-0.25, -0.2) is 0 Å². The summed E-state index contributed by atoms with van der Waals surface area (Å²) in [4.78, 5) is 4.33. The van der Waals surface area contributed by atoms with Crippen LogP contribution in [-0.4, -0.2) is 56.7 Å². The summed E-state index contributed by atoms with van der Waals surface area (Å²) >= 11 is 2.89. The van der Waals surface area contributed by atoms with Gasteiger partial charge in [-0.2, -0.15) is 0 Å². The Morgan fingerprint density at radius 3 is 1.07 bits per heavy atom. The van der Waals surface area contributed by atoms with E-state index in [1.807, 2.05) is 0 Å². The molecule has 1 aromatic rings. The Balaban J connectivity index is -0.0000000575. The number of rotatable bonds is 9. The normalized spacial score (nSPS) is 6.84. The van der Waals surface area contributed by atoms with Crippen LogP contribution in [0.4, 0.5) is 0 Å². The predicted molar refractivity (Wildman–Crippen MR) is 132 cm³/mol. The third-order valence-electron chi connectivity index (χ3n) is 3.28. The van der Waals surface area contributed by atoms with Gasteiger partial charge in [0.25, 0.3) is 0 Å². The zero-order valence-corrected chi connectivity index (χ0v) is 28.8. The molecule has 0 saturated carbocycles. The van der Waals surface area contributed by atoms with Crippen LogP contribution in [0, 0.1) is 66.5 Å².